The molecule has 2 aromatic carbocycles. The molecule has 1 unspecified atom stereocenters. The molecule has 112 valence electrons. The average Bonchev–Trinajstić information content (AvgIpc) is 2.41. The van der Waals surface area contributed by atoms with Gasteiger partial charge in [0.1, 0.15) is 5.82 Å². The van der Waals surface area contributed by atoms with E-state index in [0.29, 0.717) is 17.0 Å². The molecule has 0 bridgehead atoms. The van der Waals surface area contributed by atoms with Crippen molar-refractivity contribution in [1.82, 2.24) is 0 Å². The molecule has 2 aromatic rings. The van der Waals surface area contributed by atoms with E-state index >= 15 is 0 Å². The molecule has 0 spiro atoms. The van der Waals surface area contributed by atoms with E-state index in [0.717, 1.165) is 11.8 Å². The van der Waals surface area contributed by atoms with Gasteiger partial charge >= 0.3 is 0 Å². The van der Waals surface area contributed by atoms with Crippen LogP contribution in [-0.2, 0) is 16.3 Å². The van der Waals surface area contributed by atoms with Crippen LogP contribution in [0.3, 0.4) is 0 Å². The monoisotopic (exact) mass is 327 g/mol. The summed E-state index contributed by atoms with van der Waals surface area (Å²) in [5.74, 6) is -0.406. The van der Waals surface area contributed by atoms with Crippen LogP contribution >= 0.6 is 11.6 Å². The van der Waals surface area contributed by atoms with Crippen molar-refractivity contribution in [3.63, 3.8) is 0 Å². The van der Waals surface area contributed by atoms with E-state index in [-0.39, 0.29) is 4.90 Å². The Kier molecular flexibility index (Phi) is 4.66. The van der Waals surface area contributed by atoms with Crippen LogP contribution in [0.15, 0.2) is 47.4 Å². The molecule has 0 heterocycles. The molecule has 0 aromatic heterocycles. The highest BCUT2D eigenvalue weighted by Crippen LogP contribution is 2.24. The minimum atomic E-state index is -3.28. The van der Waals surface area contributed by atoms with E-state index in [9.17, 15) is 12.8 Å². The summed E-state index contributed by atoms with van der Waals surface area (Å²) >= 11 is 5.97. The Balaban J connectivity index is 2.26. The van der Waals surface area contributed by atoms with E-state index < -0.39 is 21.7 Å². The van der Waals surface area contributed by atoms with Gasteiger partial charge in [0.2, 0.25) is 0 Å². The van der Waals surface area contributed by atoms with E-state index in [2.05, 4.69) is 0 Å². The van der Waals surface area contributed by atoms with Crippen LogP contribution in [0.4, 0.5) is 4.39 Å². The molecular formula is C15H15ClFNO2S. The maximum absolute atomic E-state index is 13.0. The number of halogens is 2. The molecular weight excluding hydrogens is 313 g/mol. The largest absolute Gasteiger partial charge is 0.324 e. The molecule has 0 saturated heterocycles. The van der Waals surface area contributed by atoms with Crippen molar-refractivity contribution in [2.24, 2.45) is 5.73 Å². The molecule has 0 aliphatic rings. The van der Waals surface area contributed by atoms with Crippen LogP contribution in [0.25, 0.3) is 0 Å². The van der Waals surface area contributed by atoms with Crippen molar-refractivity contribution in [2.45, 2.75) is 17.4 Å². The second-order valence-corrected chi connectivity index (χ2v) is 7.31. The topological polar surface area (TPSA) is 60.2 Å². The summed E-state index contributed by atoms with van der Waals surface area (Å²) in [5, 5.41) is 0.310. The van der Waals surface area contributed by atoms with Crippen molar-refractivity contribution >= 4 is 21.4 Å². The predicted molar refractivity (Wildman–Crippen MR) is 81.6 cm³/mol. The zero-order valence-electron chi connectivity index (χ0n) is 11.4. The Bertz CT molecular complexity index is 762. The first-order chi connectivity index (χ1) is 9.77. The highest BCUT2D eigenvalue weighted by atomic mass is 35.5. The smallest absolute Gasteiger partial charge is 0.175 e. The molecule has 3 nitrogen and oxygen atoms in total. The average molecular weight is 328 g/mol. The van der Waals surface area contributed by atoms with Gasteiger partial charge in [0, 0.05) is 17.3 Å². The highest BCUT2D eigenvalue weighted by molar-refractivity contribution is 7.90. The normalized spacial score (nSPS) is 13.1. The van der Waals surface area contributed by atoms with Crippen molar-refractivity contribution in [2.75, 3.05) is 6.26 Å². The maximum atomic E-state index is 13.0. The first-order valence-corrected chi connectivity index (χ1v) is 8.54. The van der Waals surface area contributed by atoms with Crippen LogP contribution in [0.2, 0.25) is 5.02 Å². The van der Waals surface area contributed by atoms with Gasteiger partial charge in [-0.2, -0.15) is 0 Å². The van der Waals surface area contributed by atoms with Crippen LogP contribution in [0.5, 0.6) is 0 Å². The van der Waals surface area contributed by atoms with Gasteiger partial charge < -0.3 is 5.73 Å². The molecule has 0 radical (unpaired) electrons. The summed E-state index contributed by atoms with van der Waals surface area (Å²) in [6.07, 6.45) is 1.54. The zero-order valence-corrected chi connectivity index (χ0v) is 13.0. The minimum Gasteiger partial charge on any atom is -0.324 e. The third-order valence-corrected chi connectivity index (χ3v) is 4.63. The van der Waals surface area contributed by atoms with Gasteiger partial charge in [-0.15, -0.1) is 0 Å². The maximum Gasteiger partial charge on any atom is 0.175 e. The second-order valence-electron chi connectivity index (χ2n) is 4.89. The fraction of sp³-hybridized carbons (Fsp3) is 0.200. The minimum absolute atomic E-state index is 0.223. The lowest BCUT2D eigenvalue weighted by Crippen LogP contribution is -2.14. The van der Waals surface area contributed by atoms with Gasteiger partial charge in [-0.05, 0) is 41.8 Å². The fourth-order valence-electron chi connectivity index (χ4n) is 2.02. The van der Waals surface area contributed by atoms with Gasteiger partial charge in [-0.25, -0.2) is 12.8 Å². The Labute approximate surface area is 128 Å². The summed E-state index contributed by atoms with van der Waals surface area (Å²) in [5.41, 5.74) is 7.51. The third kappa shape index (κ3) is 4.03. The molecule has 6 heteroatoms. The van der Waals surface area contributed by atoms with Gasteiger partial charge in [-0.1, -0.05) is 29.8 Å². The summed E-state index contributed by atoms with van der Waals surface area (Å²) < 4.78 is 36.1. The first kappa shape index (κ1) is 15.9. The molecule has 2 rings (SSSR count). The molecule has 0 fully saturated rings. The number of hydrogen-bond acceptors (Lipinski definition) is 3. The van der Waals surface area contributed by atoms with E-state index in [4.69, 9.17) is 17.3 Å². The standard InChI is InChI=1S/C15H15ClFNO2S/c1-21(19,20)13-4-2-3-11(7-13)15(18)8-10-5-6-12(17)9-14(10)16/h2-7,9,15H,8,18H2,1H3. The van der Waals surface area contributed by atoms with Crippen LogP contribution in [0.1, 0.15) is 17.2 Å². The zero-order chi connectivity index (χ0) is 15.6. The van der Waals surface area contributed by atoms with Gasteiger partial charge in [0.25, 0.3) is 0 Å². The Morgan fingerprint density at radius 2 is 1.95 bits per heavy atom. The molecule has 0 amide bonds. The summed E-state index contributed by atoms with van der Waals surface area (Å²) in [6.45, 7) is 0. The Morgan fingerprint density at radius 1 is 1.24 bits per heavy atom. The lowest BCUT2D eigenvalue weighted by atomic mass is 10.00. The van der Waals surface area contributed by atoms with Gasteiger partial charge in [0.05, 0.1) is 4.90 Å². The van der Waals surface area contributed by atoms with E-state index in [1.165, 1.54) is 18.2 Å². The quantitative estimate of drug-likeness (QED) is 0.938. The third-order valence-electron chi connectivity index (χ3n) is 3.17. The van der Waals surface area contributed by atoms with Crippen molar-refractivity contribution in [3.05, 3.63) is 64.4 Å². The Hall–Kier alpha value is -1.43. The lowest BCUT2D eigenvalue weighted by molar-refractivity contribution is 0.601. The number of rotatable bonds is 4. The summed E-state index contributed by atoms with van der Waals surface area (Å²) in [7, 11) is -3.28. The van der Waals surface area contributed by atoms with E-state index in [1.54, 1.807) is 24.3 Å². The first-order valence-electron chi connectivity index (χ1n) is 6.27. The molecule has 0 saturated carbocycles. The second kappa shape index (κ2) is 6.13. The Morgan fingerprint density at radius 3 is 2.57 bits per heavy atom. The SMILES string of the molecule is CS(=O)(=O)c1cccc(C(N)Cc2ccc(F)cc2Cl)c1. The number of benzene rings is 2. The molecule has 2 N–H and O–H groups in total. The molecule has 21 heavy (non-hydrogen) atoms. The molecule has 1 atom stereocenters. The highest BCUT2D eigenvalue weighted by Gasteiger charge is 2.13. The van der Waals surface area contributed by atoms with Crippen molar-refractivity contribution in [3.8, 4) is 0 Å². The molecule has 0 aliphatic heterocycles. The number of sulfone groups is 1. The fourth-order valence-corrected chi connectivity index (χ4v) is 2.94. The molecule has 0 aliphatic carbocycles. The van der Waals surface area contributed by atoms with E-state index in [1.807, 2.05) is 0 Å². The van der Waals surface area contributed by atoms with Crippen molar-refractivity contribution in [1.29, 1.82) is 0 Å². The van der Waals surface area contributed by atoms with Gasteiger partial charge in [0.15, 0.2) is 9.84 Å². The predicted octanol–water partition coefficient (Wildman–Crippen LogP) is 3.13. The van der Waals surface area contributed by atoms with Crippen molar-refractivity contribution < 1.29 is 12.8 Å². The van der Waals surface area contributed by atoms with Crippen LogP contribution in [0, 0.1) is 5.82 Å². The number of hydrogen-bond donors (Lipinski definition) is 1. The van der Waals surface area contributed by atoms with Crippen LogP contribution in [-0.4, -0.2) is 14.7 Å². The lowest BCUT2D eigenvalue weighted by Gasteiger charge is -2.14. The van der Waals surface area contributed by atoms with Gasteiger partial charge in [-0.3, -0.25) is 0 Å². The number of nitrogens with two attached hydrogens (primary N) is 1. The summed E-state index contributed by atoms with van der Waals surface area (Å²) in [6, 6.07) is 10.2. The summed E-state index contributed by atoms with van der Waals surface area (Å²) in [4.78, 5) is 0.223. The van der Waals surface area contributed by atoms with Crippen LogP contribution < -0.4 is 5.73 Å².